The fourth-order valence-electron chi connectivity index (χ4n) is 1.29. The molecule has 0 saturated carbocycles. The number of amides is 1. The molecule has 20 heavy (non-hydrogen) atoms. The van der Waals surface area contributed by atoms with Crippen LogP contribution in [-0.2, 0) is 15.9 Å². The van der Waals surface area contributed by atoms with Gasteiger partial charge in [0.25, 0.3) is 0 Å². The largest absolute Gasteiger partial charge is 0.465 e. The summed E-state index contributed by atoms with van der Waals surface area (Å²) in [5.74, 6) is 2.37. The van der Waals surface area contributed by atoms with E-state index in [2.05, 4.69) is 22.0 Å². The number of hydrogen-bond acceptors (Lipinski definition) is 5. The minimum absolute atomic E-state index is 0.351. The van der Waals surface area contributed by atoms with E-state index in [1.807, 2.05) is 5.38 Å². The van der Waals surface area contributed by atoms with E-state index in [1.54, 1.807) is 26.2 Å². The minimum Gasteiger partial charge on any atom is -0.465 e. The van der Waals surface area contributed by atoms with Crippen LogP contribution in [0.2, 0.25) is 0 Å². The molecule has 1 rings (SSSR count). The molecule has 0 unspecified atom stereocenters. The van der Waals surface area contributed by atoms with Crippen LogP contribution in [0.3, 0.4) is 0 Å². The van der Waals surface area contributed by atoms with Crippen LogP contribution >= 0.6 is 11.3 Å². The third-order valence-electron chi connectivity index (χ3n) is 2.08. The summed E-state index contributed by atoms with van der Waals surface area (Å²) in [5, 5.41) is 5.87. The number of alkyl carbamates (subject to hydrolysis) is 1. The van der Waals surface area contributed by atoms with Gasteiger partial charge in [-0.3, -0.25) is 0 Å². The Labute approximate surface area is 122 Å². The lowest BCUT2D eigenvalue weighted by Crippen LogP contribution is -2.29. The van der Waals surface area contributed by atoms with E-state index in [-0.39, 0.29) is 5.97 Å². The van der Waals surface area contributed by atoms with Gasteiger partial charge in [-0.15, -0.1) is 0 Å². The second kappa shape index (κ2) is 6.96. The highest BCUT2D eigenvalue weighted by Gasteiger charge is 2.15. The van der Waals surface area contributed by atoms with Crippen LogP contribution in [0.5, 0.6) is 0 Å². The summed E-state index contributed by atoms with van der Waals surface area (Å²) < 4.78 is 9.69. The van der Waals surface area contributed by atoms with Crippen LogP contribution in [0.25, 0.3) is 0 Å². The zero-order valence-corrected chi connectivity index (χ0v) is 12.7. The van der Waals surface area contributed by atoms with Gasteiger partial charge in [-0.2, -0.15) is 11.3 Å². The van der Waals surface area contributed by atoms with Crippen molar-refractivity contribution in [1.29, 1.82) is 0 Å². The van der Waals surface area contributed by atoms with E-state index in [0.717, 1.165) is 5.56 Å². The Bertz CT molecular complexity index is 546. The molecule has 108 valence electrons. The van der Waals surface area contributed by atoms with Gasteiger partial charge in [-0.1, -0.05) is 5.92 Å². The predicted molar refractivity (Wildman–Crippen MR) is 76.5 cm³/mol. The van der Waals surface area contributed by atoms with Gasteiger partial charge in [0.05, 0.1) is 12.7 Å². The monoisotopic (exact) mass is 295 g/mol. The highest BCUT2D eigenvalue weighted by Crippen LogP contribution is 2.16. The Hall–Kier alpha value is -2.00. The van der Waals surface area contributed by atoms with Crippen molar-refractivity contribution >= 4 is 23.4 Å². The van der Waals surface area contributed by atoms with Gasteiger partial charge in [0.15, 0.2) is 0 Å². The maximum absolute atomic E-state index is 11.4. The number of rotatable bonds is 2. The summed E-state index contributed by atoms with van der Waals surface area (Å²) in [6, 6.07) is 2.51. The number of hydrogen-bond donors (Lipinski definition) is 1. The number of nitrogens with one attached hydrogen (secondary N) is 1. The normalized spacial score (nSPS) is 10.2. The molecule has 0 aliphatic rings. The van der Waals surface area contributed by atoms with Gasteiger partial charge in [0.1, 0.15) is 5.60 Å². The summed E-state index contributed by atoms with van der Waals surface area (Å²) in [7, 11) is 1.33. The molecule has 0 saturated heterocycles. The maximum Gasteiger partial charge on any atom is 0.419 e. The molecule has 1 aromatic heterocycles. The number of thiophene rings is 1. The highest BCUT2D eigenvalue weighted by molar-refractivity contribution is 7.08. The topological polar surface area (TPSA) is 64.6 Å². The van der Waals surface area contributed by atoms with Gasteiger partial charge < -0.3 is 9.47 Å². The third-order valence-corrected chi connectivity index (χ3v) is 2.87. The van der Waals surface area contributed by atoms with Crippen molar-refractivity contribution in [2.75, 3.05) is 7.11 Å². The SMILES string of the molecule is COC(=O)c1cscc1CC#CNC(=O)OC(C)(C)C. The van der Waals surface area contributed by atoms with E-state index < -0.39 is 11.7 Å². The van der Waals surface area contributed by atoms with Gasteiger partial charge >= 0.3 is 12.1 Å². The summed E-state index contributed by atoms with van der Waals surface area (Å²) >= 11 is 1.40. The minimum atomic E-state index is -0.594. The molecule has 0 aliphatic carbocycles. The van der Waals surface area contributed by atoms with Crippen molar-refractivity contribution in [1.82, 2.24) is 5.32 Å². The summed E-state index contributed by atoms with van der Waals surface area (Å²) in [6.45, 7) is 5.32. The molecule has 0 aromatic carbocycles. The molecular weight excluding hydrogens is 278 g/mol. The van der Waals surface area contributed by atoms with Crippen molar-refractivity contribution in [2.24, 2.45) is 0 Å². The number of esters is 1. The smallest absolute Gasteiger partial charge is 0.419 e. The Balaban J connectivity index is 2.53. The Kier molecular flexibility index (Phi) is 5.59. The van der Waals surface area contributed by atoms with Gasteiger partial charge in [-0.25, -0.2) is 14.9 Å². The average molecular weight is 295 g/mol. The summed E-state index contributed by atoms with van der Waals surface area (Å²) in [5.41, 5.74) is 0.723. The molecule has 1 heterocycles. The predicted octanol–water partition coefficient (Wildman–Crippen LogP) is 2.56. The van der Waals surface area contributed by atoms with Crippen LogP contribution in [0.15, 0.2) is 10.8 Å². The Morgan fingerprint density at radius 2 is 2.05 bits per heavy atom. The molecule has 0 radical (unpaired) electrons. The number of carbonyl (C=O) groups is 2. The Morgan fingerprint density at radius 1 is 1.35 bits per heavy atom. The quantitative estimate of drug-likeness (QED) is 0.517. The number of methoxy groups -OCH3 is 1. The molecule has 5 nitrogen and oxygen atoms in total. The molecule has 6 heteroatoms. The standard InChI is InChI=1S/C14H17NO4S/c1-14(2,3)19-13(17)15-7-5-6-10-8-20-9-11(10)12(16)18-4/h8-9H,6H2,1-4H3,(H,15,17). The van der Waals surface area contributed by atoms with Crippen LogP contribution < -0.4 is 5.32 Å². The van der Waals surface area contributed by atoms with Crippen LogP contribution in [-0.4, -0.2) is 24.8 Å². The summed E-state index contributed by atoms with van der Waals surface area (Å²) in [4.78, 5) is 22.8. The maximum atomic E-state index is 11.4. The van der Waals surface area contributed by atoms with E-state index in [1.165, 1.54) is 18.4 Å². The number of carbonyl (C=O) groups excluding carboxylic acids is 2. The van der Waals surface area contributed by atoms with Crippen molar-refractivity contribution < 1.29 is 19.1 Å². The molecule has 0 atom stereocenters. The van der Waals surface area contributed by atoms with Crippen molar-refractivity contribution in [3.63, 3.8) is 0 Å². The Morgan fingerprint density at radius 3 is 2.65 bits per heavy atom. The first-order valence-corrected chi connectivity index (χ1v) is 6.88. The first kappa shape index (κ1) is 16.1. The zero-order valence-electron chi connectivity index (χ0n) is 11.9. The fourth-order valence-corrected chi connectivity index (χ4v) is 2.11. The molecule has 0 spiro atoms. The molecule has 0 aliphatic heterocycles. The van der Waals surface area contributed by atoms with Gasteiger partial charge in [-0.05, 0) is 31.7 Å². The van der Waals surface area contributed by atoms with Crippen molar-refractivity contribution in [3.8, 4) is 12.0 Å². The fraction of sp³-hybridized carbons (Fsp3) is 0.429. The molecule has 1 aromatic rings. The lowest BCUT2D eigenvalue weighted by Gasteiger charge is -2.18. The lowest BCUT2D eigenvalue weighted by atomic mass is 10.1. The van der Waals surface area contributed by atoms with Crippen LogP contribution in [0.1, 0.15) is 36.7 Å². The average Bonchev–Trinajstić information content (AvgIpc) is 2.79. The van der Waals surface area contributed by atoms with E-state index >= 15 is 0 Å². The molecule has 1 amide bonds. The van der Waals surface area contributed by atoms with Gasteiger partial charge in [0.2, 0.25) is 0 Å². The third kappa shape index (κ3) is 5.33. The van der Waals surface area contributed by atoms with E-state index in [9.17, 15) is 9.59 Å². The van der Waals surface area contributed by atoms with Crippen LogP contribution in [0.4, 0.5) is 4.79 Å². The molecule has 0 bridgehead atoms. The summed E-state index contributed by atoms with van der Waals surface area (Å²) in [6.07, 6.45) is -0.243. The number of ether oxygens (including phenoxy) is 2. The zero-order chi connectivity index (χ0) is 15.2. The molecular formula is C14H17NO4S. The van der Waals surface area contributed by atoms with E-state index in [0.29, 0.717) is 12.0 Å². The first-order valence-electron chi connectivity index (χ1n) is 5.93. The first-order chi connectivity index (χ1) is 9.33. The highest BCUT2D eigenvalue weighted by atomic mass is 32.1. The van der Waals surface area contributed by atoms with Crippen LogP contribution in [0, 0.1) is 12.0 Å². The lowest BCUT2D eigenvalue weighted by molar-refractivity contribution is 0.0555. The molecule has 0 fully saturated rings. The van der Waals surface area contributed by atoms with Gasteiger partial charge in [0, 0.05) is 17.8 Å². The molecule has 1 N–H and O–H groups in total. The second-order valence-corrected chi connectivity index (χ2v) is 5.65. The van der Waals surface area contributed by atoms with Crippen molar-refractivity contribution in [2.45, 2.75) is 32.8 Å². The van der Waals surface area contributed by atoms with Crippen molar-refractivity contribution in [3.05, 3.63) is 21.9 Å². The second-order valence-electron chi connectivity index (χ2n) is 4.91. The van der Waals surface area contributed by atoms with E-state index in [4.69, 9.17) is 4.74 Å².